The molecule has 0 unspecified atom stereocenters. The van der Waals surface area contributed by atoms with Gasteiger partial charge in [0, 0.05) is 5.02 Å². The second-order valence-corrected chi connectivity index (χ2v) is 5.50. The van der Waals surface area contributed by atoms with Crippen molar-refractivity contribution in [1.29, 1.82) is 0 Å². The smallest absolute Gasteiger partial charge is 0.308 e. The summed E-state index contributed by atoms with van der Waals surface area (Å²) in [6.07, 6.45) is 2.49. The lowest BCUT2D eigenvalue weighted by Gasteiger charge is -2.35. The molecule has 19 heavy (non-hydrogen) atoms. The van der Waals surface area contributed by atoms with E-state index in [0.717, 1.165) is 5.56 Å². The maximum atomic E-state index is 11.7. The van der Waals surface area contributed by atoms with E-state index in [2.05, 4.69) is 0 Å². The maximum Gasteiger partial charge on any atom is 0.308 e. The van der Waals surface area contributed by atoms with Gasteiger partial charge in [0.05, 0.1) is 18.1 Å². The van der Waals surface area contributed by atoms with Gasteiger partial charge < -0.3 is 9.84 Å². The van der Waals surface area contributed by atoms with E-state index in [1.54, 1.807) is 12.1 Å². The Labute approximate surface area is 118 Å². The summed E-state index contributed by atoms with van der Waals surface area (Å²) in [5, 5.41) is 11.3. The van der Waals surface area contributed by atoms with E-state index in [1.165, 1.54) is 0 Å². The molecule has 0 amide bonds. The van der Waals surface area contributed by atoms with Crippen LogP contribution in [-0.4, -0.2) is 17.7 Å². The molecule has 0 spiro atoms. The first kappa shape index (κ1) is 14.4. The number of hydrogen-bond acceptors (Lipinski definition) is 3. The summed E-state index contributed by atoms with van der Waals surface area (Å²) in [7, 11) is 0. The lowest BCUT2D eigenvalue weighted by atomic mass is 9.75. The Hall–Kier alpha value is -1.06. The summed E-state index contributed by atoms with van der Waals surface area (Å²) >= 11 is 5.85. The van der Waals surface area contributed by atoms with Crippen molar-refractivity contribution in [1.82, 2.24) is 0 Å². The van der Waals surface area contributed by atoms with Crippen molar-refractivity contribution in [3.05, 3.63) is 34.9 Å². The SMILES string of the molecule is CCOC(=O)C1CCC(O)(c2ccc(Cl)cc2)CC1. The topological polar surface area (TPSA) is 46.5 Å². The number of halogens is 1. The third-order valence-electron chi connectivity index (χ3n) is 3.81. The molecule has 3 nitrogen and oxygen atoms in total. The summed E-state index contributed by atoms with van der Waals surface area (Å²) in [4.78, 5) is 11.7. The number of carbonyl (C=O) groups excluding carboxylic acids is 1. The first-order valence-electron chi connectivity index (χ1n) is 6.70. The van der Waals surface area contributed by atoms with Crippen LogP contribution in [0.25, 0.3) is 0 Å². The van der Waals surface area contributed by atoms with E-state index in [4.69, 9.17) is 16.3 Å². The van der Waals surface area contributed by atoms with Crippen LogP contribution < -0.4 is 0 Å². The minimum Gasteiger partial charge on any atom is -0.466 e. The second-order valence-electron chi connectivity index (χ2n) is 5.06. The van der Waals surface area contributed by atoms with Crippen LogP contribution in [0.4, 0.5) is 0 Å². The molecule has 104 valence electrons. The van der Waals surface area contributed by atoms with Gasteiger partial charge in [-0.3, -0.25) is 4.79 Å². The Morgan fingerprint density at radius 1 is 1.37 bits per heavy atom. The van der Waals surface area contributed by atoms with Crippen LogP contribution in [0.15, 0.2) is 24.3 Å². The van der Waals surface area contributed by atoms with Crippen molar-refractivity contribution in [2.45, 2.75) is 38.2 Å². The standard InChI is InChI=1S/C15H19ClO3/c1-2-19-14(17)11-7-9-15(18,10-8-11)12-3-5-13(16)6-4-12/h3-6,11,18H,2,7-10H2,1H3. The number of esters is 1. The third-order valence-corrected chi connectivity index (χ3v) is 4.07. The molecule has 1 aromatic carbocycles. The molecular formula is C15H19ClO3. The maximum absolute atomic E-state index is 11.7. The second kappa shape index (κ2) is 5.93. The largest absolute Gasteiger partial charge is 0.466 e. The molecule has 1 fully saturated rings. The van der Waals surface area contributed by atoms with E-state index in [0.29, 0.717) is 37.3 Å². The fourth-order valence-electron chi connectivity index (χ4n) is 2.64. The highest BCUT2D eigenvalue weighted by Gasteiger charge is 2.37. The molecule has 0 radical (unpaired) electrons. The Kier molecular flexibility index (Phi) is 4.48. The van der Waals surface area contributed by atoms with Crippen molar-refractivity contribution in [3.63, 3.8) is 0 Å². The van der Waals surface area contributed by atoms with Gasteiger partial charge in [-0.1, -0.05) is 23.7 Å². The minimum absolute atomic E-state index is 0.0764. The van der Waals surface area contributed by atoms with E-state index in [1.807, 2.05) is 19.1 Å². The molecule has 0 saturated heterocycles. The quantitative estimate of drug-likeness (QED) is 0.866. The summed E-state index contributed by atoms with van der Waals surface area (Å²) in [6.45, 7) is 2.22. The summed E-state index contributed by atoms with van der Waals surface area (Å²) < 4.78 is 5.03. The number of ether oxygens (including phenoxy) is 1. The van der Waals surface area contributed by atoms with Gasteiger partial charge in [-0.25, -0.2) is 0 Å². The Morgan fingerprint density at radius 2 is 1.95 bits per heavy atom. The number of benzene rings is 1. The average molecular weight is 283 g/mol. The Balaban J connectivity index is 2.01. The fourth-order valence-corrected chi connectivity index (χ4v) is 2.77. The molecule has 1 aliphatic rings. The highest BCUT2D eigenvalue weighted by molar-refractivity contribution is 6.30. The van der Waals surface area contributed by atoms with Gasteiger partial charge in [0.1, 0.15) is 0 Å². The van der Waals surface area contributed by atoms with Gasteiger partial charge in [0.15, 0.2) is 0 Å². The van der Waals surface area contributed by atoms with Gasteiger partial charge in [0.25, 0.3) is 0 Å². The zero-order valence-corrected chi connectivity index (χ0v) is 11.8. The van der Waals surface area contributed by atoms with Gasteiger partial charge in [-0.15, -0.1) is 0 Å². The van der Waals surface area contributed by atoms with E-state index in [-0.39, 0.29) is 11.9 Å². The monoisotopic (exact) mass is 282 g/mol. The van der Waals surface area contributed by atoms with Gasteiger partial charge in [-0.2, -0.15) is 0 Å². The van der Waals surface area contributed by atoms with Crippen molar-refractivity contribution in [2.75, 3.05) is 6.61 Å². The molecule has 1 aromatic rings. The van der Waals surface area contributed by atoms with E-state index < -0.39 is 5.60 Å². The molecule has 1 N–H and O–H groups in total. The van der Waals surface area contributed by atoms with Crippen molar-refractivity contribution >= 4 is 17.6 Å². The molecule has 4 heteroatoms. The molecule has 0 heterocycles. The van der Waals surface area contributed by atoms with Crippen LogP contribution in [0.5, 0.6) is 0 Å². The van der Waals surface area contributed by atoms with Crippen LogP contribution in [0.1, 0.15) is 38.2 Å². The lowest BCUT2D eigenvalue weighted by Crippen LogP contribution is -2.34. The van der Waals surface area contributed by atoms with Crippen LogP contribution in [-0.2, 0) is 15.1 Å². The number of carbonyl (C=O) groups is 1. The molecule has 0 aromatic heterocycles. The normalized spacial score (nSPS) is 27.0. The van der Waals surface area contributed by atoms with Crippen LogP contribution in [0.2, 0.25) is 5.02 Å². The minimum atomic E-state index is -0.840. The molecule has 1 saturated carbocycles. The molecular weight excluding hydrogens is 264 g/mol. The van der Waals surface area contributed by atoms with Gasteiger partial charge in [-0.05, 0) is 50.3 Å². The molecule has 0 atom stereocenters. The van der Waals surface area contributed by atoms with Crippen molar-refractivity contribution in [2.24, 2.45) is 5.92 Å². The van der Waals surface area contributed by atoms with Crippen LogP contribution in [0, 0.1) is 5.92 Å². The third kappa shape index (κ3) is 3.28. The Bertz CT molecular complexity index is 433. The van der Waals surface area contributed by atoms with Crippen molar-refractivity contribution in [3.8, 4) is 0 Å². The fraction of sp³-hybridized carbons (Fsp3) is 0.533. The van der Waals surface area contributed by atoms with Gasteiger partial charge in [0.2, 0.25) is 0 Å². The lowest BCUT2D eigenvalue weighted by molar-refractivity contribution is -0.151. The first-order valence-corrected chi connectivity index (χ1v) is 7.08. The number of hydrogen-bond donors (Lipinski definition) is 1. The zero-order valence-electron chi connectivity index (χ0n) is 11.1. The van der Waals surface area contributed by atoms with E-state index >= 15 is 0 Å². The first-order chi connectivity index (χ1) is 9.05. The summed E-state index contributed by atoms with van der Waals surface area (Å²) in [6, 6.07) is 7.28. The highest BCUT2D eigenvalue weighted by atomic mass is 35.5. The predicted molar refractivity (Wildman–Crippen MR) is 73.9 cm³/mol. The molecule has 2 rings (SSSR count). The summed E-state index contributed by atoms with van der Waals surface area (Å²) in [5.41, 5.74) is 0.0346. The number of aliphatic hydroxyl groups is 1. The predicted octanol–water partition coefficient (Wildman–Crippen LogP) is 3.28. The van der Waals surface area contributed by atoms with Crippen LogP contribution >= 0.6 is 11.6 Å². The molecule has 0 aliphatic heterocycles. The molecule has 0 bridgehead atoms. The zero-order chi connectivity index (χ0) is 13.9. The van der Waals surface area contributed by atoms with Gasteiger partial charge >= 0.3 is 5.97 Å². The van der Waals surface area contributed by atoms with Crippen molar-refractivity contribution < 1.29 is 14.6 Å². The van der Waals surface area contributed by atoms with Crippen LogP contribution in [0.3, 0.4) is 0 Å². The van der Waals surface area contributed by atoms with E-state index in [9.17, 15) is 9.90 Å². The molecule has 1 aliphatic carbocycles. The summed E-state index contributed by atoms with van der Waals surface area (Å²) in [5.74, 6) is -0.215. The Morgan fingerprint density at radius 3 is 2.47 bits per heavy atom. The number of rotatable bonds is 3. The highest BCUT2D eigenvalue weighted by Crippen LogP contribution is 2.40. The average Bonchev–Trinajstić information content (AvgIpc) is 2.40.